The number of pyridine rings is 1. The Morgan fingerprint density at radius 3 is 2.65 bits per heavy atom. The third-order valence-electron chi connectivity index (χ3n) is 3.85. The molecule has 4 rings (SSSR count). The fourth-order valence-electron chi connectivity index (χ4n) is 2.82. The van der Waals surface area contributed by atoms with Gasteiger partial charge in [-0.05, 0) is 24.3 Å². The molecule has 5 heteroatoms. The molecule has 4 nitrogen and oxygen atoms in total. The number of para-hydroxylation sites is 1. The highest BCUT2D eigenvalue weighted by molar-refractivity contribution is 6.13. The SMILES string of the molecule is NC(=O)c1cc2c([nH]c3ccccc32)c(-c2cccc(F)c2)n1. The molecule has 1 amide bonds. The Morgan fingerprint density at radius 2 is 1.87 bits per heavy atom. The maximum Gasteiger partial charge on any atom is 0.267 e. The Labute approximate surface area is 130 Å². The zero-order chi connectivity index (χ0) is 16.0. The molecule has 23 heavy (non-hydrogen) atoms. The number of aromatic nitrogens is 2. The highest BCUT2D eigenvalue weighted by Gasteiger charge is 2.15. The van der Waals surface area contributed by atoms with Crippen molar-refractivity contribution in [2.75, 3.05) is 0 Å². The Balaban J connectivity index is 2.15. The molecular weight excluding hydrogens is 293 g/mol. The second-order valence-electron chi connectivity index (χ2n) is 5.32. The van der Waals surface area contributed by atoms with Gasteiger partial charge in [-0.3, -0.25) is 4.79 Å². The van der Waals surface area contributed by atoms with Crippen molar-refractivity contribution < 1.29 is 9.18 Å². The summed E-state index contributed by atoms with van der Waals surface area (Å²) in [7, 11) is 0. The minimum absolute atomic E-state index is 0.154. The fraction of sp³-hybridized carbons (Fsp3) is 0. The van der Waals surface area contributed by atoms with Gasteiger partial charge < -0.3 is 10.7 Å². The zero-order valence-corrected chi connectivity index (χ0v) is 12.0. The molecule has 0 aliphatic rings. The van der Waals surface area contributed by atoms with E-state index in [1.54, 1.807) is 18.2 Å². The van der Waals surface area contributed by atoms with Crippen LogP contribution in [-0.2, 0) is 0 Å². The van der Waals surface area contributed by atoms with Gasteiger partial charge in [-0.15, -0.1) is 0 Å². The summed E-state index contributed by atoms with van der Waals surface area (Å²) in [4.78, 5) is 19.3. The van der Waals surface area contributed by atoms with E-state index in [4.69, 9.17) is 5.73 Å². The van der Waals surface area contributed by atoms with Gasteiger partial charge in [-0.2, -0.15) is 0 Å². The van der Waals surface area contributed by atoms with Crippen molar-refractivity contribution in [2.45, 2.75) is 0 Å². The lowest BCUT2D eigenvalue weighted by molar-refractivity contribution is 0.0996. The van der Waals surface area contributed by atoms with Crippen molar-refractivity contribution in [1.29, 1.82) is 0 Å². The first kappa shape index (κ1) is 13.5. The molecule has 2 aromatic heterocycles. The van der Waals surface area contributed by atoms with Crippen molar-refractivity contribution in [3.8, 4) is 11.3 Å². The number of hydrogen-bond acceptors (Lipinski definition) is 2. The Hall–Kier alpha value is -3.21. The summed E-state index contributed by atoms with van der Waals surface area (Å²) in [6.07, 6.45) is 0. The number of fused-ring (bicyclic) bond motifs is 3. The van der Waals surface area contributed by atoms with Crippen molar-refractivity contribution in [3.63, 3.8) is 0 Å². The van der Waals surface area contributed by atoms with Gasteiger partial charge in [0, 0.05) is 21.9 Å². The third-order valence-corrected chi connectivity index (χ3v) is 3.85. The number of hydrogen-bond donors (Lipinski definition) is 2. The molecule has 0 atom stereocenters. The minimum atomic E-state index is -0.616. The van der Waals surface area contributed by atoms with Crippen LogP contribution in [0, 0.1) is 5.82 Å². The van der Waals surface area contributed by atoms with Crippen LogP contribution in [0.3, 0.4) is 0 Å². The number of nitrogens with zero attached hydrogens (tertiary/aromatic N) is 1. The van der Waals surface area contributed by atoms with Crippen molar-refractivity contribution in [3.05, 3.63) is 66.1 Å². The van der Waals surface area contributed by atoms with E-state index >= 15 is 0 Å². The Morgan fingerprint density at radius 1 is 1.04 bits per heavy atom. The van der Waals surface area contributed by atoms with E-state index in [0.29, 0.717) is 11.3 Å². The number of primary amides is 1. The van der Waals surface area contributed by atoms with Crippen LogP contribution in [0.4, 0.5) is 4.39 Å². The van der Waals surface area contributed by atoms with Crippen molar-refractivity contribution in [1.82, 2.24) is 9.97 Å². The molecule has 0 aliphatic carbocycles. The van der Waals surface area contributed by atoms with E-state index < -0.39 is 5.91 Å². The summed E-state index contributed by atoms with van der Waals surface area (Å²) in [5.41, 5.74) is 8.33. The first-order chi connectivity index (χ1) is 11.1. The Bertz CT molecular complexity index is 1070. The number of nitrogens with two attached hydrogens (primary N) is 1. The van der Waals surface area contributed by atoms with Gasteiger partial charge in [0.15, 0.2) is 0 Å². The Kier molecular flexibility index (Phi) is 2.87. The molecule has 0 unspecified atom stereocenters. The van der Waals surface area contributed by atoms with Crippen LogP contribution in [0.15, 0.2) is 54.6 Å². The number of amides is 1. The first-order valence-corrected chi connectivity index (χ1v) is 7.11. The summed E-state index contributed by atoms with van der Waals surface area (Å²) >= 11 is 0. The monoisotopic (exact) mass is 305 g/mol. The fourth-order valence-corrected chi connectivity index (χ4v) is 2.82. The number of aromatic amines is 1. The molecule has 2 aromatic carbocycles. The van der Waals surface area contributed by atoms with E-state index in [2.05, 4.69) is 9.97 Å². The number of nitrogens with one attached hydrogen (secondary N) is 1. The predicted molar refractivity (Wildman–Crippen MR) is 87.5 cm³/mol. The van der Waals surface area contributed by atoms with E-state index in [-0.39, 0.29) is 11.5 Å². The van der Waals surface area contributed by atoms with Crippen molar-refractivity contribution >= 4 is 27.7 Å². The highest BCUT2D eigenvalue weighted by Crippen LogP contribution is 2.32. The maximum absolute atomic E-state index is 13.6. The van der Waals surface area contributed by atoms with Gasteiger partial charge in [-0.1, -0.05) is 30.3 Å². The summed E-state index contributed by atoms with van der Waals surface area (Å²) in [6, 6.07) is 15.5. The summed E-state index contributed by atoms with van der Waals surface area (Å²) in [6.45, 7) is 0. The highest BCUT2D eigenvalue weighted by atomic mass is 19.1. The normalized spacial score (nSPS) is 11.2. The van der Waals surface area contributed by atoms with Crippen LogP contribution in [-0.4, -0.2) is 15.9 Å². The average molecular weight is 305 g/mol. The molecular formula is C18H12FN3O. The van der Waals surface area contributed by atoms with E-state index in [1.165, 1.54) is 12.1 Å². The second-order valence-corrected chi connectivity index (χ2v) is 5.32. The van der Waals surface area contributed by atoms with Gasteiger partial charge in [0.25, 0.3) is 5.91 Å². The molecule has 0 bridgehead atoms. The van der Waals surface area contributed by atoms with Crippen LogP contribution in [0.25, 0.3) is 33.1 Å². The topological polar surface area (TPSA) is 71.8 Å². The maximum atomic E-state index is 13.6. The van der Waals surface area contributed by atoms with Crippen LogP contribution < -0.4 is 5.73 Å². The second kappa shape index (κ2) is 4.91. The lowest BCUT2D eigenvalue weighted by atomic mass is 10.1. The molecule has 0 saturated heterocycles. The summed E-state index contributed by atoms with van der Waals surface area (Å²) in [5.74, 6) is -0.979. The minimum Gasteiger partial charge on any atom is -0.364 e. The van der Waals surface area contributed by atoms with Crippen molar-refractivity contribution in [2.24, 2.45) is 5.73 Å². The predicted octanol–water partition coefficient (Wildman–Crippen LogP) is 3.62. The van der Waals surface area contributed by atoms with E-state index in [0.717, 1.165) is 21.8 Å². The molecule has 0 saturated carbocycles. The molecule has 112 valence electrons. The van der Waals surface area contributed by atoms with E-state index in [1.807, 2.05) is 24.3 Å². The van der Waals surface area contributed by atoms with Gasteiger partial charge in [0.05, 0.1) is 11.2 Å². The van der Waals surface area contributed by atoms with Crippen LogP contribution >= 0.6 is 0 Å². The number of benzene rings is 2. The van der Waals surface area contributed by atoms with Gasteiger partial charge in [0.2, 0.25) is 0 Å². The largest absolute Gasteiger partial charge is 0.364 e. The molecule has 0 fully saturated rings. The number of rotatable bonds is 2. The molecule has 0 radical (unpaired) electrons. The van der Waals surface area contributed by atoms with Crippen LogP contribution in [0.1, 0.15) is 10.5 Å². The smallest absolute Gasteiger partial charge is 0.267 e. The average Bonchev–Trinajstić information content (AvgIpc) is 2.92. The van der Waals surface area contributed by atoms with Crippen LogP contribution in [0.2, 0.25) is 0 Å². The van der Waals surface area contributed by atoms with E-state index in [9.17, 15) is 9.18 Å². The molecule has 2 heterocycles. The number of carbonyl (C=O) groups excluding carboxylic acids is 1. The molecule has 0 aliphatic heterocycles. The van der Waals surface area contributed by atoms with Gasteiger partial charge in [-0.25, -0.2) is 9.37 Å². The lowest BCUT2D eigenvalue weighted by Gasteiger charge is -2.05. The third kappa shape index (κ3) is 2.14. The number of carbonyl (C=O) groups is 1. The number of halogens is 1. The van der Waals surface area contributed by atoms with Gasteiger partial charge in [0.1, 0.15) is 11.5 Å². The zero-order valence-electron chi connectivity index (χ0n) is 12.0. The molecule has 0 spiro atoms. The standard InChI is InChI=1S/C18H12FN3O/c19-11-5-3-4-10(8-11)16-17-13(9-15(22-16)18(20)23)12-6-1-2-7-14(12)21-17/h1-9,21H,(H2,20,23). The van der Waals surface area contributed by atoms with Gasteiger partial charge >= 0.3 is 0 Å². The first-order valence-electron chi connectivity index (χ1n) is 7.11. The summed E-state index contributed by atoms with van der Waals surface area (Å²) in [5, 5.41) is 1.80. The lowest BCUT2D eigenvalue weighted by Crippen LogP contribution is -2.13. The molecule has 4 aromatic rings. The molecule has 3 N–H and O–H groups in total. The number of H-pyrrole nitrogens is 1. The summed E-state index contributed by atoms with van der Waals surface area (Å²) < 4.78 is 13.6. The van der Waals surface area contributed by atoms with Crippen LogP contribution in [0.5, 0.6) is 0 Å². The quantitative estimate of drug-likeness (QED) is 0.593.